The van der Waals surface area contributed by atoms with Crippen LogP contribution in [0.4, 0.5) is 5.69 Å². The number of ketones is 1. The molecule has 10 heteroatoms. The Morgan fingerprint density at radius 1 is 0.811 bits per heavy atom. The lowest BCUT2D eigenvalue weighted by molar-refractivity contribution is -0.132. The van der Waals surface area contributed by atoms with Gasteiger partial charge in [-0.25, -0.2) is 0 Å². The van der Waals surface area contributed by atoms with E-state index in [0.717, 1.165) is 0 Å². The van der Waals surface area contributed by atoms with Crippen LogP contribution < -0.4 is 33.3 Å². The van der Waals surface area contributed by atoms with E-state index in [9.17, 15) is 14.7 Å². The number of hydrogen-bond acceptors (Lipinski definition) is 9. The van der Waals surface area contributed by atoms with E-state index in [4.69, 9.17) is 28.4 Å². The van der Waals surface area contributed by atoms with Crippen molar-refractivity contribution in [3.05, 3.63) is 71.3 Å². The quantitative estimate of drug-likeness (QED) is 0.316. The van der Waals surface area contributed by atoms with Gasteiger partial charge in [0, 0.05) is 17.3 Å². The fourth-order valence-electron chi connectivity index (χ4n) is 4.67. The van der Waals surface area contributed by atoms with Crippen LogP contribution in [0.15, 0.2) is 60.2 Å². The number of aliphatic hydroxyl groups is 1. The molecule has 1 unspecified atom stereocenters. The molecule has 3 aliphatic heterocycles. The van der Waals surface area contributed by atoms with Gasteiger partial charge >= 0.3 is 0 Å². The van der Waals surface area contributed by atoms with Gasteiger partial charge in [-0.05, 0) is 48.0 Å². The number of nitrogens with zero attached hydrogens (tertiary/aromatic N) is 1. The molecule has 10 nitrogen and oxygen atoms in total. The Morgan fingerprint density at radius 2 is 1.46 bits per heavy atom. The van der Waals surface area contributed by atoms with Crippen molar-refractivity contribution in [1.82, 2.24) is 0 Å². The molecule has 0 spiro atoms. The highest BCUT2D eigenvalue weighted by atomic mass is 16.7. The molecular weight excluding hydrogens is 482 g/mol. The van der Waals surface area contributed by atoms with Gasteiger partial charge in [0.1, 0.15) is 5.76 Å². The number of fused-ring (bicyclic) bond motifs is 2. The Bertz CT molecular complexity index is 1480. The molecule has 0 bridgehead atoms. The van der Waals surface area contributed by atoms with Crippen LogP contribution in [-0.4, -0.2) is 44.6 Å². The molecule has 0 aromatic heterocycles. The number of anilines is 1. The number of carbonyl (C=O) groups is 2. The largest absolute Gasteiger partial charge is 0.507 e. The minimum Gasteiger partial charge on any atom is -0.507 e. The van der Waals surface area contributed by atoms with Crippen molar-refractivity contribution in [2.75, 3.05) is 32.7 Å². The summed E-state index contributed by atoms with van der Waals surface area (Å²) in [6, 6.07) is 13.8. The standard InChI is InChI=1S/C27H21NO9/c1-32-17-6-3-14(9-20(17)33-2)24-23(25(29)15-4-7-18-21(10-15)36-12-34-18)26(30)27(31)28(24)16-5-8-19-22(11-16)37-13-35-19/h3-11,24,29H,12-13H2,1-2H3/b25-23+. The monoisotopic (exact) mass is 503 g/mol. The maximum Gasteiger partial charge on any atom is 0.300 e. The molecule has 37 heavy (non-hydrogen) atoms. The van der Waals surface area contributed by atoms with Crippen LogP contribution in [0.2, 0.25) is 0 Å². The van der Waals surface area contributed by atoms with E-state index in [2.05, 4.69) is 0 Å². The van der Waals surface area contributed by atoms with Crippen molar-refractivity contribution < 1.29 is 43.1 Å². The Kier molecular flexibility index (Phi) is 5.29. The highest BCUT2D eigenvalue weighted by Gasteiger charge is 2.47. The molecule has 0 aliphatic carbocycles. The molecule has 0 saturated carbocycles. The Morgan fingerprint density at radius 3 is 2.16 bits per heavy atom. The molecule has 1 saturated heterocycles. The molecule has 1 atom stereocenters. The summed E-state index contributed by atoms with van der Waals surface area (Å²) in [5, 5.41) is 11.4. The average molecular weight is 503 g/mol. The van der Waals surface area contributed by atoms with Crippen LogP contribution in [0.5, 0.6) is 34.5 Å². The summed E-state index contributed by atoms with van der Waals surface area (Å²) >= 11 is 0. The Labute approximate surface area is 211 Å². The fraction of sp³-hybridized carbons (Fsp3) is 0.185. The summed E-state index contributed by atoms with van der Waals surface area (Å²) in [5.41, 5.74) is 1.14. The van der Waals surface area contributed by atoms with Crippen molar-refractivity contribution in [2.24, 2.45) is 0 Å². The second-order valence-electron chi connectivity index (χ2n) is 8.39. The first kappa shape index (κ1) is 22.6. The molecule has 6 rings (SSSR count). The van der Waals surface area contributed by atoms with Gasteiger partial charge in [-0.2, -0.15) is 0 Å². The van der Waals surface area contributed by atoms with Gasteiger partial charge in [0.25, 0.3) is 11.7 Å². The van der Waals surface area contributed by atoms with Gasteiger partial charge in [0.2, 0.25) is 13.6 Å². The van der Waals surface area contributed by atoms with Crippen LogP contribution >= 0.6 is 0 Å². The number of carbonyl (C=O) groups excluding carboxylic acids is 2. The first-order chi connectivity index (χ1) is 18.0. The highest BCUT2D eigenvalue weighted by Crippen LogP contribution is 2.46. The first-order valence-electron chi connectivity index (χ1n) is 11.3. The topological polar surface area (TPSA) is 113 Å². The van der Waals surface area contributed by atoms with Gasteiger partial charge in [0.15, 0.2) is 34.5 Å². The SMILES string of the molecule is COc1ccc(C2/C(=C(\O)c3ccc4c(c3)OCO4)C(=O)C(=O)N2c2ccc3c(c2)OCO3)cc1OC. The van der Waals surface area contributed by atoms with E-state index in [-0.39, 0.29) is 24.9 Å². The lowest BCUT2D eigenvalue weighted by atomic mass is 9.94. The molecule has 188 valence electrons. The van der Waals surface area contributed by atoms with E-state index < -0.39 is 17.7 Å². The highest BCUT2D eigenvalue weighted by molar-refractivity contribution is 6.51. The summed E-state index contributed by atoms with van der Waals surface area (Å²) in [7, 11) is 3.00. The second-order valence-corrected chi connectivity index (χ2v) is 8.39. The number of hydrogen-bond donors (Lipinski definition) is 1. The number of Topliss-reactive ketones (excluding diaryl/α,β-unsaturated/α-hetero) is 1. The van der Waals surface area contributed by atoms with Crippen molar-refractivity contribution in [1.29, 1.82) is 0 Å². The minimum atomic E-state index is -0.981. The normalized spacial score (nSPS) is 18.9. The van der Waals surface area contributed by atoms with Crippen molar-refractivity contribution in [3.8, 4) is 34.5 Å². The van der Waals surface area contributed by atoms with Crippen molar-refractivity contribution in [3.63, 3.8) is 0 Å². The smallest absolute Gasteiger partial charge is 0.300 e. The van der Waals surface area contributed by atoms with E-state index in [1.54, 1.807) is 54.6 Å². The van der Waals surface area contributed by atoms with Crippen molar-refractivity contribution >= 4 is 23.1 Å². The third kappa shape index (κ3) is 3.56. The van der Waals surface area contributed by atoms with Crippen LogP contribution in [0.1, 0.15) is 17.2 Å². The van der Waals surface area contributed by atoms with Crippen molar-refractivity contribution in [2.45, 2.75) is 6.04 Å². The van der Waals surface area contributed by atoms with Crippen LogP contribution in [0.25, 0.3) is 5.76 Å². The van der Waals surface area contributed by atoms with E-state index in [1.807, 2.05) is 0 Å². The zero-order valence-corrected chi connectivity index (χ0v) is 19.8. The third-order valence-electron chi connectivity index (χ3n) is 6.45. The summed E-state index contributed by atoms with van der Waals surface area (Å²) < 4.78 is 32.5. The van der Waals surface area contributed by atoms with Crippen LogP contribution in [0.3, 0.4) is 0 Å². The van der Waals surface area contributed by atoms with Crippen LogP contribution in [0, 0.1) is 0 Å². The van der Waals surface area contributed by atoms with Gasteiger partial charge in [0.05, 0.1) is 25.8 Å². The molecule has 0 radical (unpaired) electrons. The Balaban J connectivity index is 1.54. The molecule has 3 aromatic rings. The molecule has 1 amide bonds. The number of amides is 1. The maximum atomic E-state index is 13.5. The zero-order valence-electron chi connectivity index (χ0n) is 19.8. The predicted molar refractivity (Wildman–Crippen MR) is 129 cm³/mol. The molecule has 3 aromatic carbocycles. The molecule has 3 aliphatic rings. The lowest BCUT2D eigenvalue weighted by Crippen LogP contribution is -2.29. The molecule has 1 fully saturated rings. The van der Waals surface area contributed by atoms with Gasteiger partial charge in [-0.15, -0.1) is 0 Å². The number of benzene rings is 3. The maximum absolute atomic E-state index is 13.5. The summed E-state index contributed by atoms with van der Waals surface area (Å²) in [6.07, 6.45) is 0. The molecule has 1 N–H and O–H groups in total. The second kappa shape index (κ2) is 8.66. The summed E-state index contributed by atoms with van der Waals surface area (Å²) in [5.74, 6) is 0.810. The third-order valence-corrected chi connectivity index (χ3v) is 6.45. The van der Waals surface area contributed by atoms with E-state index in [0.29, 0.717) is 51.3 Å². The molecular formula is C27H21NO9. The van der Waals surface area contributed by atoms with Crippen LogP contribution in [-0.2, 0) is 9.59 Å². The lowest BCUT2D eigenvalue weighted by Gasteiger charge is -2.26. The number of aliphatic hydroxyl groups excluding tert-OH is 1. The van der Waals surface area contributed by atoms with Gasteiger partial charge < -0.3 is 33.5 Å². The van der Waals surface area contributed by atoms with E-state index in [1.165, 1.54) is 19.1 Å². The van der Waals surface area contributed by atoms with Gasteiger partial charge in [-0.3, -0.25) is 14.5 Å². The minimum absolute atomic E-state index is 0.0553. The predicted octanol–water partition coefficient (Wildman–Crippen LogP) is 3.79. The number of rotatable bonds is 5. The fourth-order valence-corrected chi connectivity index (χ4v) is 4.67. The number of methoxy groups -OCH3 is 2. The summed E-state index contributed by atoms with van der Waals surface area (Å²) in [4.78, 5) is 28.2. The average Bonchev–Trinajstić information content (AvgIpc) is 3.65. The molecule has 3 heterocycles. The number of ether oxygens (including phenoxy) is 6. The first-order valence-corrected chi connectivity index (χ1v) is 11.3. The van der Waals surface area contributed by atoms with Gasteiger partial charge in [-0.1, -0.05) is 6.07 Å². The van der Waals surface area contributed by atoms with E-state index >= 15 is 0 Å². The summed E-state index contributed by atoms with van der Waals surface area (Å²) in [6.45, 7) is 0.112. The Hall–Kier alpha value is -4.86. The zero-order chi connectivity index (χ0) is 25.7.